The van der Waals surface area contributed by atoms with Gasteiger partial charge < -0.3 is 9.97 Å². The lowest BCUT2D eigenvalue weighted by Crippen LogP contribution is -2.05. The van der Waals surface area contributed by atoms with Crippen LogP contribution in [0.3, 0.4) is 0 Å². The Balaban J connectivity index is 3.14. The Kier molecular flexibility index (Phi) is 1.36. The molecule has 2 aromatic rings. The van der Waals surface area contributed by atoms with E-state index in [0.717, 1.165) is 0 Å². The molecule has 11 heavy (non-hydrogen) atoms. The van der Waals surface area contributed by atoms with Crippen molar-refractivity contribution in [2.24, 2.45) is 0 Å². The van der Waals surface area contributed by atoms with E-state index in [1.807, 2.05) is 0 Å². The molecule has 0 saturated carbocycles. The Bertz CT molecular complexity index is 494. The van der Waals surface area contributed by atoms with Crippen molar-refractivity contribution in [2.75, 3.05) is 0 Å². The maximum absolute atomic E-state index is 11.0. The number of hydrogen-bond donors (Lipinski definition) is 2. The van der Waals surface area contributed by atoms with Crippen LogP contribution >= 0.6 is 23.6 Å². The molecule has 56 valence electrons. The molecule has 0 unspecified atom stereocenters. The summed E-state index contributed by atoms with van der Waals surface area (Å²) >= 11 is 6.14. The summed E-state index contributed by atoms with van der Waals surface area (Å²) in [4.78, 5) is 20.8. The Morgan fingerprint density at radius 1 is 1.64 bits per heavy atom. The summed E-state index contributed by atoms with van der Waals surface area (Å²) in [6, 6.07) is 0. The second-order valence-electron chi connectivity index (χ2n) is 1.93. The first-order chi connectivity index (χ1) is 5.27. The van der Waals surface area contributed by atoms with Crippen molar-refractivity contribution in [3.63, 3.8) is 0 Å². The molecule has 2 heterocycles. The van der Waals surface area contributed by atoms with Crippen molar-refractivity contribution in [3.8, 4) is 0 Å². The fraction of sp³-hybridized carbons (Fsp3) is 0. The standard InChI is InChI=1S/C5H3N3OS2/c9-3-2-4(7-1-6-3)11-5(10)8-2/h1H,(H,8,10)(H,6,7,9). The first-order valence-corrected chi connectivity index (χ1v) is 4.06. The Hall–Kier alpha value is -1.01. The lowest BCUT2D eigenvalue weighted by Gasteiger charge is -1.82. The molecule has 0 spiro atoms. The number of aromatic nitrogens is 3. The highest BCUT2D eigenvalue weighted by molar-refractivity contribution is 7.73. The molecule has 0 saturated heterocycles. The largest absolute Gasteiger partial charge is 0.331 e. The van der Waals surface area contributed by atoms with Crippen LogP contribution in [0.4, 0.5) is 0 Å². The second kappa shape index (κ2) is 2.24. The van der Waals surface area contributed by atoms with Gasteiger partial charge in [0.15, 0.2) is 3.95 Å². The summed E-state index contributed by atoms with van der Waals surface area (Å²) in [5, 5.41) is 0. The minimum absolute atomic E-state index is 0.178. The number of thiazole rings is 1. The van der Waals surface area contributed by atoms with Crippen LogP contribution in [0.5, 0.6) is 0 Å². The number of rotatable bonds is 0. The Labute approximate surface area is 69.9 Å². The number of nitrogens with one attached hydrogen (secondary N) is 2. The summed E-state index contributed by atoms with van der Waals surface area (Å²) < 4.78 is 0.573. The number of H-pyrrole nitrogens is 2. The van der Waals surface area contributed by atoms with Crippen LogP contribution < -0.4 is 5.56 Å². The molecule has 0 fully saturated rings. The van der Waals surface area contributed by atoms with Gasteiger partial charge in [0, 0.05) is 0 Å². The van der Waals surface area contributed by atoms with Crippen molar-refractivity contribution in [2.45, 2.75) is 0 Å². The van der Waals surface area contributed by atoms with Gasteiger partial charge in [0.25, 0.3) is 5.56 Å². The molecular weight excluding hydrogens is 182 g/mol. The van der Waals surface area contributed by atoms with E-state index < -0.39 is 0 Å². The molecule has 0 amide bonds. The molecule has 0 aromatic carbocycles. The zero-order valence-electron chi connectivity index (χ0n) is 5.25. The number of hydrogen-bond acceptors (Lipinski definition) is 4. The van der Waals surface area contributed by atoms with Crippen molar-refractivity contribution >= 4 is 33.9 Å². The highest BCUT2D eigenvalue weighted by Crippen LogP contribution is 2.10. The topological polar surface area (TPSA) is 61.5 Å². The van der Waals surface area contributed by atoms with E-state index in [2.05, 4.69) is 15.0 Å². The fourth-order valence-electron chi connectivity index (χ4n) is 0.786. The molecule has 0 aliphatic carbocycles. The van der Waals surface area contributed by atoms with E-state index in [0.29, 0.717) is 14.3 Å². The van der Waals surface area contributed by atoms with Gasteiger partial charge in [-0.15, -0.1) is 0 Å². The van der Waals surface area contributed by atoms with Gasteiger partial charge in [-0.3, -0.25) is 4.79 Å². The molecule has 2 rings (SSSR count). The van der Waals surface area contributed by atoms with Crippen LogP contribution in [0.15, 0.2) is 11.1 Å². The van der Waals surface area contributed by atoms with Gasteiger partial charge in [-0.25, -0.2) is 4.98 Å². The third-order valence-electron chi connectivity index (χ3n) is 1.23. The minimum atomic E-state index is -0.178. The maximum atomic E-state index is 11.0. The van der Waals surface area contributed by atoms with E-state index in [9.17, 15) is 4.79 Å². The molecule has 0 aliphatic heterocycles. The van der Waals surface area contributed by atoms with Gasteiger partial charge >= 0.3 is 0 Å². The smallest absolute Gasteiger partial charge is 0.275 e. The van der Waals surface area contributed by atoms with Crippen molar-refractivity contribution in [1.29, 1.82) is 0 Å². The van der Waals surface area contributed by atoms with E-state index in [1.165, 1.54) is 17.7 Å². The van der Waals surface area contributed by atoms with Crippen LogP contribution in [0.1, 0.15) is 0 Å². The Morgan fingerprint density at radius 2 is 2.45 bits per heavy atom. The Morgan fingerprint density at radius 3 is 3.18 bits per heavy atom. The normalized spacial score (nSPS) is 10.5. The van der Waals surface area contributed by atoms with Gasteiger partial charge in [-0.05, 0) is 12.2 Å². The minimum Gasteiger partial charge on any atom is -0.331 e. The molecule has 2 aromatic heterocycles. The summed E-state index contributed by atoms with van der Waals surface area (Å²) in [7, 11) is 0. The molecule has 2 N–H and O–H groups in total. The highest BCUT2D eigenvalue weighted by atomic mass is 32.1. The van der Waals surface area contributed by atoms with Crippen LogP contribution in [-0.2, 0) is 0 Å². The summed E-state index contributed by atoms with van der Waals surface area (Å²) in [6.45, 7) is 0. The van der Waals surface area contributed by atoms with Crippen LogP contribution in [-0.4, -0.2) is 15.0 Å². The SMILES string of the molecule is O=c1[nH]cnc2sc(=S)[nH]c12. The van der Waals surface area contributed by atoms with Crippen molar-refractivity contribution in [3.05, 3.63) is 20.6 Å². The molecule has 6 heteroatoms. The summed E-state index contributed by atoms with van der Waals surface area (Å²) in [5.41, 5.74) is 0.282. The van der Waals surface area contributed by atoms with Gasteiger partial charge in [0.1, 0.15) is 10.3 Å². The zero-order valence-corrected chi connectivity index (χ0v) is 6.88. The first-order valence-electron chi connectivity index (χ1n) is 2.84. The highest BCUT2D eigenvalue weighted by Gasteiger charge is 1.99. The molecule has 0 radical (unpaired) electrons. The van der Waals surface area contributed by atoms with E-state index in [-0.39, 0.29) is 5.56 Å². The predicted molar refractivity (Wildman–Crippen MR) is 45.4 cm³/mol. The number of nitrogens with zero attached hydrogens (tertiary/aromatic N) is 1. The van der Waals surface area contributed by atoms with Gasteiger partial charge in [0.2, 0.25) is 0 Å². The maximum Gasteiger partial charge on any atom is 0.275 e. The molecule has 0 aliphatic rings. The van der Waals surface area contributed by atoms with Gasteiger partial charge in [-0.1, -0.05) is 11.3 Å². The number of fused-ring (bicyclic) bond motifs is 1. The average molecular weight is 185 g/mol. The zero-order chi connectivity index (χ0) is 7.84. The second-order valence-corrected chi connectivity index (χ2v) is 3.59. The summed E-state index contributed by atoms with van der Waals surface area (Å²) in [5.74, 6) is 0. The van der Waals surface area contributed by atoms with E-state index >= 15 is 0 Å². The molecule has 0 bridgehead atoms. The number of aromatic amines is 2. The average Bonchev–Trinajstić information content (AvgIpc) is 2.31. The van der Waals surface area contributed by atoms with Crippen LogP contribution in [0.2, 0.25) is 0 Å². The van der Waals surface area contributed by atoms with Crippen molar-refractivity contribution < 1.29 is 0 Å². The third kappa shape index (κ3) is 0.997. The van der Waals surface area contributed by atoms with Crippen molar-refractivity contribution in [1.82, 2.24) is 15.0 Å². The lowest BCUT2D eigenvalue weighted by atomic mass is 10.6. The quantitative estimate of drug-likeness (QED) is 0.603. The van der Waals surface area contributed by atoms with Gasteiger partial charge in [-0.2, -0.15) is 0 Å². The molecule has 0 atom stereocenters. The van der Waals surface area contributed by atoms with Crippen LogP contribution in [0, 0.1) is 3.95 Å². The van der Waals surface area contributed by atoms with Gasteiger partial charge in [0.05, 0.1) is 6.33 Å². The summed E-state index contributed by atoms with van der Waals surface area (Å²) in [6.07, 6.45) is 1.36. The molecule has 4 nitrogen and oxygen atoms in total. The van der Waals surface area contributed by atoms with Crippen LogP contribution in [0.25, 0.3) is 10.3 Å². The first kappa shape index (κ1) is 6.68. The fourth-order valence-corrected chi connectivity index (χ4v) is 1.81. The molecular formula is C5H3N3OS2. The van der Waals surface area contributed by atoms with E-state index in [1.54, 1.807) is 0 Å². The third-order valence-corrected chi connectivity index (χ3v) is 2.38. The van der Waals surface area contributed by atoms with E-state index in [4.69, 9.17) is 12.2 Å². The lowest BCUT2D eigenvalue weighted by molar-refractivity contribution is 1.16. The monoisotopic (exact) mass is 185 g/mol. The predicted octanol–water partition coefficient (Wildman–Crippen LogP) is 1.04.